The number of hydrogen-bond donors (Lipinski definition) is 2. The highest BCUT2D eigenvalue weighted by atomic mass is 35.5. The molecule has 20 heavy (non-hydrogen) atoms. The Morgan fingerprint density at radius 3 is 2.85 bits per heavy atom. The van der Waals surface area contributed by atoms with Crippen LogP contribution in [0.4, 0.5) is 0 Å². The highest BCUT2D eigenvalue weighted by Crippen LogP contribution is 2.25. The van der Waals surface area contributed by atoms with Crippen molar-refractivity contribution in [2.45, 2.75) is 37.2 Å². The number of hydrogen-bond acceptors (Lipinski definition) is 4. The topological polar surface area (TPSA) is 81.4 Å². The molecule has 0 spiro atoms. The molecule has 1 fully saturated rings. The van der Waals surface area contributed by atoms with Crippen molar-refractivity contribution in [1.29, 1.82) is 0 Å². The van der Waals surface area contributed by atoms with E-state index in [1.807, 2.05) is 0 Å². The van der Waals surface area contributed by atoms with Gasteiger partial charge < -0.3 is 10.5 Å². The van der Waals surface area contributed by atoms with Crippen molar-refractivity contribution in [2.75, 3.05) is 13.2 Å². The zero-order valence-corrected chi connectivity index (χ0v) is 12.9. The standard InChI is InChI=1S/C13H19ClN2O3S/c1-9-10(7-15)5-11(14)6-13(9)20(17,18)16-12-3-2-4-19-8-12/h5-6,12,16H,2-4,7-8,15H2,1H3. The molecule has 1 unspecified atom stereocenters. The molecule has 1 aromatic rings. The van der Waals surface area contributed by atoms with Gasteiger partial charge in [0.05, 0.1) is 11.5 Å². The molecular formula is C13H19ClN2O3S. The van der Waals surface area contributed by atoms with Gasteiger partial charge in [-0.05, 0) is 43.0 Å². The predicted molar refractivity (Wildman–Crippen MR) is 78.2 cm³/mol. The maximum absolute atomic E-state index is 12.5. The van der Waals surface area contributed by atoms with Crippen LogP contribution in [0, 0.1) is 6.92 Å². The van der Waals surface area contributed by atoms with Gasteiger partial charge in [-0.25, -0.2) is 13.1 Å². The van der Waals surface area contributed by atoms with Gasteiger partial charge >= 0.3 is 0 Å². The van der Waals surface area contributed by atoms with Crippen LogP contribution in [-0.4, -0.2) is 27.7 Å². The number of benzene rings is 1. The van der Waals surface area contributed by atoms with Crippen molar-refractivity contribution in [2.24, 2.45) is 5.73 Å². The van der Waals surface area contributed by atoms with Gasteiger partial charge in [0.2, 0.25) is 10.0 Å². The van der Waals surface area contributed by atoms with E-state index in [0.717, 1.165) is 18.4 Å². The van der Waals surface area contributed by atoms with Crippen LogP contribution in [0.1, 0.15) is 24.0 Å². The summed E-state index contributed by atoms with van der Waals surface area (Å²) >= 11 is 5.98. The molecule has 112 valence electrons. The van der Waals surface area contributed by atoms with Crippen LogP contribution in [0.25, 0.3) is 0 Å². The molecule has 1 saturated heterocycles. The number of halogens is 1. The van der Waals surface area contributed by atoms with Gasteiger partial charge in [-0.3, -0.25) is 0 Å². The van der Waals surface area contributed by atoms with Crippen molar-refractivity contribution < 1.29 is 13.2 Å². The molecule has 0 aliphatic carbocycles. The van der Waals surface area contributed by atoms with Crippen LogP contribution in [-0.2, 0) is 21.3 Å². The second-order valence-corrected chi connectivity index (χ2v) is 7.05. The van der Waals surface area contributed by atoms with Crippen LogP contribution in [0.2, 0.25) is 5.02 Å². The predicted octanol–water partition coefficient (Wildman–Crippen LogP) is 1.56. The Bertz CT molecular complexity index is 584. The summed E-state index contributed by atoms with van der Waals surface area (Å²) in [4.78, 5) is 0.191. The maximum Gasteiger partial charge on any atom is 0.241 e. The van der Waals surface area contributed by atoms with Crippen LogP contribution in [0.15, 0.2) is 17.0 Å². The lowest BCUT2D eigenvalue weighted by Gasteiger charge is -2.23. The minimum absolute atomic E-state index is 0.187. The Labute approximate surface area is 124 Å². The Kier molecular flexibility index (Phi) is 5.04. The van der Waals surface area contributed by atoms with Gasteiger partial charge in [-0.1, -0.05) is 11.6 Å². The fraction of sp³-hybridized carbons (Fsp3) is 0.538. The highest BCUT2D eigenvalue weighted by molar-refractivity contribution is 7.89. The first-order chi connectivity index (χ1) is 9.44. The molecule has 7 heteroatoms. The van der Waals surface area contributed by atoms with Gasteiger partial charge in [0.1, 0.15) is 0 Å². The van der Waals surface area contributed by atoms with E-state index in [1.165, 1.54) is 6.07 Å². The summed E-state index contributed by atoms with van der Waals surface area (Å²) in [5, 5.41) is 0.372. The molecule has 0 saturated carbocycles. The molecule has 0 bridgehead atoms. The number of rotatable bonds is 4. The van der Waals surface area contributed by atoms with Gasteiger partial charge in [-0.15, -0.1) is 0 Å². The van der Waals surface area contributed by atoms with Gasteiger partial charge in [-0.2, -0.15) is 0 Å². The molecule has 1 heterocycles. The van der Waals surface area contributed by atoms with Crippen LogP contribution in [0.3, 0.4) is 0 Å². The third kappa shape index (κ3) is 3.51. The maximum atomic E-state index is 12.5. The Balaban J connectivity index is 2.31. The van der Waals surface area contributed by atoms with Crippen molar-refractivity contribution in [3.8, 4) is 0 Å². The van der Waals surface area contributed by atoms with Crippen LogP contribution in [0.5, 0.6) is 0 Å². The Morgan fingerprint density at radius 2 is 2.25 bits per heavy atom. The van der Waals surface area contributed by atoms with E-state index in [4.69, 9.17) is 22.1 Å². The second kappa shape index (κ2) is 6.41. The molecule has 1 atom stereocenters. The number of sulfonamides is 1. The third-order valence-corrected chi connectivity index (χ3v) is 5.29. The minimum atomic E-state index is -3.62. The SMILES string of the molecule is Cc1c(CN)cc(Cl)cc1S(=O)(=O)NC1CCCOC1. The third-order valence-electron chi connectivity index (χ3n) is 3.42. The first-order valence-corrected chi connectivity index (χ1v) is 8.39. The Morgan fingerprint density at radius 1 is 1.50 bits per heavy atom. The van der Waals surface area contributed by atoms with E-state index in [0.29, 0.717) is 23.8 Å². The summed E-state index contributed by atoms with van der Waals surface area (Å²) in [6.45, 7) is 3.08. The molecule has 1 aliphatic heterocycles. The normalized spacial score (nSPS) is 20.1. The summed E-state index contributed by atoms with van der Waals surface area (Å²) < 4.78 is 32.9. The van der Waals surface area contributed by atoms with Crippen molar-refractivity contribution in [3.05, 3.63) is 28.3 Å². The number of ether oxygens (including phenoxy) is 1. The molecular weight excluding hydrogens is 300 g/mol. The highest BCUT2D eigenvalue weighted by Gasteiger charge is 2.24. The van der Waals surface area contributed by atoms with E-state index < -0.39 is 10.0 Å². The molecule has 2 rings (SSSR count). The van der Waals surface area contributed by atoms with E-state index in [1.54, 1.807) is 13.0 Å². The van der Waals surface area contributed by atoms with Gasteiger partial charge in [0.25, 0.3) is 0 Å². The quantitative estimate of drug-likeness (QED) is 0.883. The van der Waals surface area contributed by atoms with E-state index in [-0.39, 0.29) is 17.5 Å². The molecule has 1 aromatic carbocycles. The fourth-order valence-electron chi connectivity index (χ4n) is 2.32. The monoisotopic (exact) mass is 318 g/mol. The van der Waals surface area contributed by atoms with Gasteiger partial charge in [0.15, 0.2) is 0 Å². The van der Waals surface area contributed by atoms with E-state index in [9.17, 15) is 8.42 Å². The lowest BCUT2D eigenvalue weighted by Crippen LogP contribution is -2.40. The lowest BCUT2D eigenvalue weighted by atomic mass is 10.1. The average Bonchev–Trinajstić information content (AvgIpc) is 2.41. The summed E-state index contributed by atoms with van der Waals surface area (Å²) in [7, 11) is -3.62. The average molecular weight is 319 g/mol. The number of nitrogens with two attached hydrogens (primary N) is 1. The van der Waals surface area contributed by atoms with Crippen molar-refractivity contribution >= 4 is 21.6 Å². The summed E-state index contributed by atoms with van der Waals surface area (Å²) in [6.07, 6.45) is 1.64. The molecule has 3 N–H and O–H groups in total. The summed E-state index contributed by atoms with van der Waals surface area (Å²) in [6, 6.07) is 2.97. The van der Waals surface area contributed by atoms with Crippen LogP contribution >= 0.6 is 11.6 Å². The van der Waals surface area contributed by atoms with E-state index in [2.05, 4.69) is 4.72 Å². The zero-order chi connectivity index (χ0) is 14.8. The molecule has 0 aromatic heterocycles. The lowest BCUT2D eigenvalue weighted by molar-refractivity contribution is 0.0774. The zero-order valence-electron chi connectivity index (χ0n) is 11.4. The minimum Gasteiger partial charge on any atom is -0.380 e. The Hall–Kier alpha value is -0.660. The fourth-order valence-corrected chi connectivity index (χ4v) is 4.19. The first-order valence-electron chi connectivity index (χ1n) is 6.53. The largest absolute Gasteiger partial charge is 0.380 e. The molecule has 0 radical (unpaired) electrons. The smallest absolute Gasteiger partial charge is 0.241 e. The van der Waals surface area contributed by atoms with Crippen molar-refractivity contribution in [1.82, 2.24) is 4.72 Å². The molecule has 5 nitrogen and oxygen atoms in total. The van der Waals surface area contributed by atoms with E-state index >= 15 is 0 Å². The first kappa shape index (κ1) is 15.7. The molecule has 0 amide bonds. The number of nitrogens with one attached hydrogen (secondary N) is 1. The van der Waals surface area contributed by atoms with Crippen molar-refractivity contribution in [3.63, 3.8) is 0 Å². The molecule has 1 aliphatic rings. The van der Waals surface area contributed by atoms with Gasteiger partial charge in [0, 0.05) is 24.2 Å². The second-order valence-electron chi connectivity index (χ2n) is 4.93. The van der Waals surface area contributed by atoms with Crippen LogP contribution < -0.4 is 10.5 Å². The summed E-state index contributed by atoms with van der Waals surface area (Å²) in [5.41, 5.74) is 7.00. The summed E-state index contributed by atoms with van der Waals surface area (Å²) in [5.74, 6) is 0.